The Morgan fingerprint density at radius 2 is 1.93 bits per heavy atom. The number of fused-ring (bicyclic) bond motifs is 1. The van der Waals surface area contributed by atoms with Crippen molar-refractivity contribution in [2.75, 3.05) is 0 Å². The number of hydrogen-bond acceptors (Lipinski definition) is 4. The predicted octanol–water partition coefficient (Wildman–Crippen LogP) is 5.62. The number of halogens is 1. The van der Waals surface area contributed by atoms with Crippen molar-refractivity contribution in [2.45, 2.75) is 19.5 Å². The monoisotopic (exact) mass is 418 g/mol. The molecule has 0 N–H and O–H groups in total. The molecule has 0 spiro atoms. The van der Waals surface area contributed by atoms with Gasteiger partial charge in [0.1, 0.15) is 17.1 Å². The van der Waals surface area contributed by atoms with Crippen LogP contribution in [0.2, 0.25) is 0 Å². The van der Waals surface area contributed by atoms with E-state index in [0.29, 0.717) is 5.69 Å². The first-order chi connectivity index (χ1) is 14.8. The highest BCUT2D eigenvalue weighted by Crippen LogP contribution is 2.28. The molecule has 0 aliphatic rings. The van der Waals surface area contributed by atoms with Gasteiger partial charge in [-0.05, 0) is 30.7 Å². The summed E-state index contributed by atoms with van der Waals surface area (Å²) in [6.07, 6.45) is 6.41. The number of rotatable bonds is 6. The van der Waals surface area contributed by atoms with Gasteiger partial charge >= 0.3 is 0 Å². The molecule has 0 unspecified atom stereocenters. The van der Waals surface area contributed by atoms with Gasteiger partial charge in [0.05, 0.1) is 12.0 Å². The number of aromatic nitrogens is 3. The van der Waals surface area contributed by atoms with E-state index in [1.54, 1.807) is 24.4 Å². The Hall–Kier alpha value is -3.45. The predicted molar refractivity (Wildman–Crippen MR) is 116 cm³/mol. The standard InChI is InChI=1S/C23H19FN4OS/c24-18-7-2-3-8-19(18)26-23-28(12-5-11-27-13-10-25-16-27)20(15-30-23)22-14-17-6-1-4-9-21(17)29-22/h1-4,6-10,13-16H,5,11-12H2. The Labute approximate surface area is 176 Å². The normalized spacial score (nSPS) is 12.1. The molecule has 150 valence electrons. The third kappa shape index (κ3) is 3.71. The Balaban J connectivity index is 1.56. The number of aryl methyl sites for hydroxylation is 1. The number of furan rings is 1. The fourth-order valence-electron chi connectivity index (χ4n) is 3.42. The van der Waals surface area contributed by atoms with E-state index in [2.05, 4.69) is 14.5 Å². The van der Waals surface area contributed by atoms with Gasteiger partial charge in [-0.2, -0.15) is 0 Å². The Morgan fingerprint density at radius 1 is 1.07 bits per heavy atom. The highest BCUT2D eigenvalue weighted by Gasteiger charge is 2.13. The van der Waals surface area contributed by atoms with Crippen molar-refractivity contribution in [1.29, 1.82) is 0 Å². The number of para-hydroxylation sites is 2. The summed E-state index contributed by atoms with van der Waals surface area (Å²) < 4.78 is 24.4. The molecule has 0 atom stereocenters. The van der Waals surface area contributed by atoms with E-state index in [0.717, 1.165) is 46.7 Å². The van der Waals surface area contributed by atoms with Crippen molar-refractivity contribution in [2.24, 2.45) is 4.99 Å². The van der Waals surface area contributed by atoms with Crippen LogP contribution >= 0.6 is 11.3 Å². The van der Waals surface area contributed by atoms with Gasteiger partial charge in [0, 0.05) is 36.2 Å². The van der Waals surface area contributed by atoms with Gasteiger partial charge in [0.15, 0.2) is 10.6 Å². The average molecular weight is 418 g/mol. The molecule has 0 amide bonds. The summed E-state index contributed by atoms with van der Waals surface area (Å²) in [4.78, 5) is 9.43. The maximum atomic E-state index is 14.2. The molecule has 0 aliphatic carbocycles. The topological polar surface area (TPSA) is 48.2 Å². The van der Waals surface area contributed by atoms with Crippen LogP contribution in [-0.2, 0) is 13.1 Å². The number of thiazole rings is 1. The lowest BCUT2D eigenvalue weighted by Crippen LogP contribution is -2.17. The highest BCUT2D eigenvalue weighted by atomic mass is 32.1. The van der Waals surface area contributed by atoms with Gasteiger partial charge < -0.3 is 13.6 Å². The average Bonchev–Trinajstić information content (AvgIpc) is 3.50. The van der Waals surface area contributed by atoms with Crippen molar-refractivity contribution < 1.29 is 8.81 Å². The van der Waals surface area contributed by atoms with Crippen LogP contribution in [-0.4, -0.2) is 14.1 Å². The maximum Gasteiger partial charge on any atom is 0.190 e. The van der Waals surface area contributed by atoms with Gasteiger partial charge in [-0.1, -0.05) is 30.3 Å². The molecule has 3 aromatic heterocycles. The lowest BCUT2D eigenvalue weighted by molar-refractivity contribution is 0.549. The first kappa shape index (κ1) is 18.6. The fourth-order valence-corrected chi connectivity index (χ4v) is 4.35. The summed E-state index contributed by atoms with van der Waals surface area (Å²) in [6.45, 7) is 1.56. The third-order valence-corrected chi connectivity index (χ3v) is 5.77. The molecular weight excluding hydrogens is 399 g/mol. The molecule has 0 saturated carbocycles. The zero-order chi connectivity index (χ0) is 20.3. The summed E-state index contributed by atoms with van der Waals surface area (Å²) in [5.74, 6) is 0.450. The second-order valence-electron chi connectivity index (χ2n) is 6.92. The minimum Gasteiger partial charge on any atom is -0.454 e. The van der Waals surface area contributed by atoms with Gasteiger partial charge in [-0.25, -0.2) is 14.4 Å². The molecular formula is C23H19FN4OS. The van der Waals surface area contributed by atoms with Crippen molar-refractivity contribution in [3.63, 3.8) is 0 Å². The van der Waals surface area contributed by atoms with Crippen molar-refractivity contribution in [3.8, 4) is 11.5 Å². The summed E-state index contributed by atoms with van der Waals surface area (Å²) in [5, 5.41) is 3.07. The van der Waals surface area contributed by atoms with Gasteiger partial charge in [0.2, 0.25) is 0 Å². The largest absolute Gasteiger partial charge is 0.454 e. The number of hydrogen-bond donors (Lipinski definition) is 0. The zero-order valence-corrected chi connectivity index (χ0v) is 16.9. The molecule has 3 heterocycles. The van der Waals surface area contributed by atoms with Crippen LogP contribution < -0.4 is 4.80 Å². The van der Waals surface area contributed by atoms with E-state index >= 15 is 0 Å². The number of imidazole rings is 1. The second-order valence-corrected chi connectivity index (χ2v) is 7.76. The maximum absolute atomic E-state index is 14.2. The molecule has 5 aromatic rings. The van der Waals surface area contributed by atoms with Crippen LogP contribution in [0.4, 0.5) is 10.1 Å². The van der Waals surface area contributed by atoms with Gasteiger partial charge in [0.25, 0.3) is 0 Å². The summed E-state index contributed by atoms with van der Waals surface area (Å²) in [6, 6.07) is 16.6. The molecule has 2 aromatic carbocycles. The van der Waals surface area contributed by atoms with E-state index in [9.17, 15) is 4.39 Å². The molecule has 5 rings (SSSR count). The molecule has 7 heteroatoms. The summed E-state index contributed by atoms with van der Waals surface area (Å²) in [7, 11) is 0. The Morgan fingerprint density at radius 3 is 2.77 bits per heavy atom. The zero-order valence-electron chi connectivity index (χ0n) is 16.1. The Kier molecular flexibility index (Phi) is 5.03. The van der Waals surface area contributed by atoms with E-state index in [4.69, 9.17) is 4.42 Å². The smallest absolute Gasteiger partial charge is 0.190 e. The quantitative estimate of drug-likeness (QED) is 0.359. The summed E-state index contributed by atoms with van der Waals surface area (Å²) in [5.41, 5.74) is 2.12. The van der Waals surface area contributed by atoms with Crippen LogP contribution in [0.3, 0.4) is 0 Å². The Bertz CT molecular complexity index is 1310. The number of nitrogens with zero attached hydrogens (tertiary/aromatic N) is 4. The number of benzene rings is 2. The first-order valence-electron chi connectivity index (χ1n) is 9.70. The van der Waals surface area contributed by atoms with Crippen molar-refractivity contribution in [1.82, 2.24) is 14.1 Å². The van der Waals surface area contributed by atoms with E-state index in [1.807, 2.05) is 52.8 Å². The van der Waals surface area contributed by atoms with E-state index in [1.165, 1.54) is 17.4 Å². The van der Waals surface area contributed by atoms with Crippen molar-refractivity contribution in [3.05, 3.63) is 89.3 Å². The molecule has 30 heavy (non-hydrogen) atoms. The minimum atomic E-state index is -0.332. The minimum absolute atomic E-state index is 0.332. The molecule has 5 nitrogen and oxygen atoms in total. The SMILES string of the molecule is Fc1ccccc1N=c1scc(-c2cc3ccccc3o2)n1CCCn1ccnc1. The molecule has 0 bridgehead atoms. The lowest BCUT2D eigenvalue weighted by Gasteiger charge is -2.08. The molecule has 0 radical (unpaired) electrons. The molecule has 0 aliphatic heterocycles. The molecule has 0 fully saturated rings. The van der Waals surface area contributed by atoms with E-state index < -0.39 is 0 Å². The first-order valence-corrected chi connectivity index (χ1v) is 10.6. The van der Waals surface area contributed by atoms with Gasteiger partial charge in [-0.15, -0.1) is 11.3 Å². The second kappa shape index (κ2) is 8.12. The van der Waals surface area contributed by atoms with Gasteiger partial charge in [-0.3, -0.25) is 0 Å². The van der Waals surface area contributed by atoms with E-state index in [-0.39, 0.29) is 5.82 Å². The highest BCUT2D eigenvalue weighted by molar-refractivity contribution is 7.07. The van der Waals surface area contributed by atoms with Crippen molar-refractivity contribution >= 4 is 28.0 Å². The fraction of sp³-hybridized carbons (Fsp3) is 0.130. The van der Waals surface area contributed by atoms with Crippen LogP contribution in [0.5, 0.6) is 0 Å². The van der Waals surface area contributed by atoms with Crippen LogP contribution in [0.15, 0.2) is 88.1 Å². The van der Waals surface area contributed by atoms with Crippen LogP contribution in [0.25, 0.3) is 22.4 Å². The van der Waals surface area contributed by atoms with Crippen LogP contribution in [0.1, 0.15) is 6.42 Å². The lowest BCUT2D eigenvalue weighted by atomic mass is 10.2. The molecule has 0 saturated heterocycles. The third-order valence-electron chi connectivity index (χ3n) is 4.90. The van der Waals surface area contributed by atoms with Crippen LogP contribution in [0, 0.1) is 5.82 Å². The summed E-state index contributed by atoms with van der Waals surface area (Å²) >= 11 is 1.48.